The van der Waals surface area contributed by atoms with E-state index in [1.807, 2.05) is 0 Å². The van der Waals surface area contributed by atoms with Crippen LogP contribution in [0.3, 0.4) is 0 Å². The predicted molar refractivity (Wildman–Crippen MR) is 119 cm³/mol. The number of carbonyl (C=O) groups is 2. The standard InChI is InChI=1S/C21H19ClF8N4O2S/c22-18(23)20(36)34(14-1-3-15(4-2-14)37(26,27,28,29)30)17(12-8-31-10-32-9-12)19(35)33-16-6-13-5-11(16)7-21(13,24)25/h1-4,8-11,13,16-18H,5-7H2,(H,33,35)/t11?,13?,16-,17-,18+/m1/s1/i17D. The summed E-state index contributed by atoms with van der Waals surface area (Å²) >= 11 is 5.29. The molecule has 5 atom stereocenters. The fraction of sp³-hybridized carbons (Fsp3) is 0.429. The van der Waals surface area contributed by atoms with E-state index in [-0.39, 0.29) is 29.9 Å². The van der Waals surface area contributed by atoms with Gasteiger partial charge in [0.15, 0.2) is 0 Å². The lowest BCUT2D eigenvalue weighted by molar-refractivity contribution is -0.128. The predicted octanol–water partition coefficient (Wildman–Crippen LogP) is 6.29. The molecule has 2 aromatic rings. The number of rotatable bonds is 7. The molecule has 2 amide bonds. The van der Waals surface area contributed by atoms with Crippen LogP contribution in [-0.4, -0.2) is 39.4 Å². The maximum absolute atomic E-state index is 14.1. The highest BCUT2D eigenvalue weighted by Gasteiger charge is 2.65. The molecule has 1 aromatic carbocycles. The van der Waals surface area contributed by atoms with Crippen LogP contribution < -0.4 is 10.2 Å². The van der Waals surface area contributed by atoms with Gasteiger partial charge in [0.25, 0.3) is 17.5 Å². The van der Waals surface area contributed by atoms with E-state index in [0.717, 1.165) is 18.7 Å². The van der Waals surface area contributed by atoms with Gasteiger partial charge in [-0.2, -0.15) is 0 Å². The summed E-state index contributed by atoms with van der Waals surface area (Å²) in [7, 11) is -10.1. The van der Waals surface area contributed by atoms with Gasteiger partial charge in [0.1, 0.15) is 17.2 Å². The second-order valence-electron chi connectivity index (χ2n) is 8.89. The fourth-order valence-electron chi connectivity index (χ4n) is 4.72. The molecule has 2 bridgehead atoms. The zero-order valence-electron chi connectivity index (χ0n) is 19.4. The van der Waals surface area contributed by atoms with Gasteiger partial charge in [-0.1, -0.05) is 31.0 Å². The summed E-state index contributed by atoms with van der Waals surface area (Å²) in [6, 6.07) is -3.37. The first-order valence-electron chi connectivity index (χ1n) is 11.1. The van der Waals surface area contributed by atoms with Crippen LogP contribution >= 0.6 is 21.8 Å². The monoisotopic (exact) mass is 579 g/mol. The number of aromatic nitrogens is 2. The van der Waals surface area contributed by atoms with Crippen molar-refractivity contribution in [3.8, 4) is 0 Å². The Labute approximate surface area is 211 Å². The Morgan fingerprint density at radius 2 is 1.70 bits per heavy atom. The van der Waals surface area contributed by atoms with Gasteiger partial charge in [0, 0.05) is 42.0 Å². The quantitative estimate of drug-likeness (QED) is 0.309. The number of carbonyl (C=O) groups excluding carboxylic acids is 2. The van der Waals surface area contributed by atoms with Gasteiger partial charge in [0.05, 0.1) is 1.37 Å². The molecule has 4 rings (SSSR count). The van der Waals surface area contributed by atoms with E-state index in [4.69, 9.17) is 13.0 Å². The highest BCUT2D eigenvalue weighted by Crippen LogP contribution is 3.02. The first-order chi connectivity index (χ1) is 17.2. The number of anilines is 1. The second-order valence-corrected chi connectivity index (χ2v) is 11.7. The first-order valence-corrected chi connectivity index (χ1v) is 13.0. The molecule has 0 aliphatic heterocycles. The molecule has 2 aliphatic rings. The lowest BCUT2D eigenvalue weighted by Crippen LogP contribution is -2.50. The van der Waals surface area contributed by atoms with Gasteiger partial charge in [-0.3, -0.25) is 14.5 Å². The summed E-state index contributed by atoms with van der Waals surface area (Å²) in [6.45, 7) is 0. The molecule has 0 saturated heterocycles. The van der Waals surface area contributed by atoms with Crippen molar-refractivity contribution in [2.24, 2.45) is 11.8 Å². The van der Waals surface area contributed by atoms with Crippen LogP contribution in [-0.2, 0) is 9.59 Å². The summed E-state index contributed by atoms with van der Waals surface area (Å²) in [5.41, 5.74) is -4.17. The molecule has 6 nitrogen and oxygen atoms in total. The molecule has 204 valence electrons. The topological polar surface area (TPSA) is 75.2 Å². The first kappa shape index (κ1) is 25.9. The normalized spacial score (nSPS) is 27.3. The summed E-state index contributed by atoms with van der Waals surface area (Å²) in [6.07, 6.45) is 2.16. The van der Waals surface area contributed by atoms with Crippen molar-refractivity contribution in [1.29, 1.82) is 0 Å². The number of amides is 2. The molecule has 2 unspecified atom stereocenters. The van der Waals surface area contributed by atoms with Crippen molar-refractivity contribution in [3.63, 3.8) is 0 Å². The smallest absolute Gasteiger partial charge is 0.310 e. The van der Waals surface area contributed by atoms with Crippen molar-refractivity contribution in [2.75, 3.05) is 4.90 Å². The van der Waals surface area contributed by atoms with Crippen LogP contribution in [0.2, 0.25) is 0 Å². The Bertz CT molecular complexity index is 1260. The zero-order valence-corrected chi connectivity index (χ0v) is 20.0. The van der Waals surface area contributed by atoms with Crippen LogP contribution in [0.5, 0.6) is 0 Å². The molecule has 16 heteroatoms. The van der Waals surface area contributed by atoms with Crippen LogP contribution in [0.15, 0.2) is 47.9 Å². The van der Waals surface area contributed by atoms with Crippen molar-refractivity contribution in [3.05, 3.63) is 48.5 Å². The third-order valence-electron chi connectivity index (χ3n) is 6.36. The molecule has 1 N–H and O–H groups in total. The van der Waals surface area contributed by atoms with Crippen molar-refractivity contribution in [1.82, 2.24) is 15.3 Å². The van der Waals surface area contributed by atoms with E-state index in [0.29, 0.717) is 12.1 Å². The molecular formula is C21H19ClF8N4O2S. The van der Waals surface area contributed by atoms with Crippen molar-refractivity contribution in [2.45, 2.75) is 47.8 Å². The minimum Gasteiger partial charge on any atom is -0.351 e. The molecule has 0 spiro atoms. The summed E-state index contributed by atoms with van der Waals surface area (Å²) in [5.74, 6) is -7.79. The lowest BCUT2D eigenvalue weighted by atomic mass is 9.92. The molecule has 2 saturated carbocycles. The Morgan fingerprint density at radius 1 is 1.11 bits per heavy atom. The minimum atomic E-state index is -10.1. The van der Waals surface area contributed by atoms with E-state index >= 15 is 0 Å². The van der Waals surface area contributed by atoms with Gasteiger partial charge >= 0.3 is 10.2 Å². The fourth-order valence-corrected chi connectivity index (χ4v) is 5.47. The van der Waals surface area contributed by atoms with Gasteiger partial charge < -0.3 is 5.32 Å². The number of halogens is 9. The minimum absolute atomic E-state index is 0.0791. The van der Waals surface area contributed by atoms with E-state index < -0.39 is 80.1 Å². The molecule has 0 radical (unpaired) electrons. The summed E-state index contributed by atoms with van der Waals surface area (Å²) in [4.78, 5) is 31.4. The van der Waals surface area contributed by atoms with Crippen LogP contribution in [0.4, 0.5) is 38.3 Å². The maximum atomic E-state index is 14.1. The molecule has 1 heterocycles. The van der Waals surface area contributed by atoms with E-state index in [1.165, 1.54) is 0 Å². The number of benzene rings is 1. The number of fused-ring (bicyclic) bond motifs is 2. The van der Waals surface area contributed by atoms with Gasteiger partial charge in [0.2, 0.25) is 5.91 Å². The molecule has 37 heavy (non-hydrogen) atoms. The Morgan fingerprint density at radius 3 is 2.16 bits per heavy atom. The Balaban J connectivity index is 1.79. The third-order valence-corrected chi connectivity index (χ3v) is 7.71. The van der Waals surface area contributed by atoms with E-state index in [2.05, 4.69) is 15.3 Å². The number of nitrogens with one attached hydrogen (secondary N) is 1. The zero-order chi connectivity index (χ0) is 28.4. The van der Waals surface area contributed by atoms with Crippen LogP contribution in [0.25, 0.3) is 0 Å². The van der Waals surface area contributed by atoms with Gasteiger partial charge in [-0.25, -0.2) is 23.1 Å². The molecular weight excluding hydrogens is 560 g/mol. The average Bonchev–Trinajstić information content (AvgIpc) is 3.34. The van der Waals surface area contributed by atoms with Crippen molar-refractivity contribution >= 4 is 39.3 Å². The van der Waals surface area contributed by atoms with Crippen LogP contribution in [0, 0.1) is 11.8 Å². The highest BCUT2D eigenvalue weighted by molar-refractivity contribution is 8.45. The summed E-state index contributed by atoms with van der Waals surface area (Å²) < 4.78 is 117. The van der Waals surface area contributed by atoms with Crippen molar-refractivity contribution < 1.29 is 43.6 Å². The average molecular weight is 580 g/mol. The lowest BCUT2D eigenvalue weighted by Gasteiger charge is -2.40. The SMILES string of the molecule is [2H][C@](C(=O)N[C@@H]1CC2CC1CC2(F)F)(c1cncnc1)N(C(=O)[C@H](F)Cl)c1ccc(S(F)(F)(F)(F)F)cc1. The van der Waals surface area contributed by atoms with Crippen LogP contribution in [0.1, 0.15) is 32.2 Å². The Hall–Kier alpha value is -2.68. The largest absolute Gasteiger partial charge is 0.351 e. The number of hydrogen-bond donors (Lipinski definition) is 1. The van der Waals surface area contributed by atoms with E-state index in [9.17, 15) is 42.2 Å². The highest BCUT2D eigenvalue weighted by atomic mass is 35.5. The Kier molecular flexibility index (Phi) is 5.90. The number of alkyl halides is 4. The summed E-state index contributed by atoms with van der Waals surface area (Å²) in [5, 5.41) is 2.41. The number of hydrogen-bond acceptors (Lipinski definition) is 4. The van der Waals surface area contributed by atoms with Gasteiger partial charge in [-0.15, -0.1) is 0 Å². The number of nitrogens with zero attached hydrogens (tertiary/aromatic N) is 3. The molecule has 2 fully saturated rings. The van der Waals surface area contributed by atoms with Gasteiger partial charge in [-0.05, 0) is 43.0 Å². The molecule has 2 aliphatic carbocycles. The van der Waals surface area contributed by atoms with E-state index in [1.54, 1.807) is 0 Å². The molecule has 1 aromatic heterocycles. The maximum Gasteiger partial charge on any atom is 0.310 e. The third kappa shape index (κ3) is 5.61. The second kappa shape index (κ2) is 8.41.